The first-order valence-electron chi connectivity index (χ1n) is 15.5. The van der Waals surface area contributed by atoms with E-state index in [0.717, 1.165) is 5.57 Å². The summed E-state index contributed by atoms with van der Waals surface area (Å²) in [6.07, 6.45) is 2.61. The number of hydrogen-bond acceptors (Lipinski definition) is 13. The van der Waals surface area contributed by atoms with E-state index in [2.05, 4.69) is 35.2 Å². The predicted octanol–water partition coefficient (Wildman–Crippen LogP) is 4.83. The number of benzene rings is 1. The Kier molecular flexibility index (Phi) is 14.5. The van der Waals surface area contributed by atoms with Crippen molar-refractivity contribution in [3.05, 3.63) is 52.6 Å². The molecule has 1 amide bonds. The normalized spacial score (nSPS) is 13.7. The van der Waals surface area contributed by atoms with Crippen LogP contribution in [-0.4, -0.2) is 56.4 Å². The van der Waals surface area contributed by atoms with E-state index >= 15 is 0 Å². The lowest BCUT2D eigenvalue weighted by atomic mass is 9.97. The van der Waals surface area contributed by atoms with Crippen molar-refractivity contribution in [2.24, 2.45) is 22.5 Å². The molecule has 1 aromatic heterocycles. The van der Waals surface area contributed by atoms with Crippen molar-refractivity contribution in [1.29, 1.82) is 0 Å². The van der Waals surface area contributed by atoms with E-state index < -0.39 is 34.8 Å². The number of nitrogens with two attached hydrogens (primary N) is 2. The van der Waals surface area contributed by atoms with E-state index in [0.29, 0.717) is 29.1 Å². The van der Waals surface area contributed by atoms with Crippen LogP contribution in [0.15, 0.2) is 35.7 Å². The van der Waals surface area contributed by atoms with Gasteiger partial charge in [-0.05, 0) is 91.0 Å². The zero-order chi connectivity index (χ0) is 36.6. The second kappa shape index (κ2) is 17.2. The Morgan fingerprint density at radius 3 is 2.12 bits per heavy atom. The highest BCUT2D eigenvalue weighted by molar-refractivity contribution is 7.99. The monoisotopic (exact) mass is 703 g/mol. The lowest BCUT2D eigenvalue weighted by Gasteiger charge is -2.27. The third-order valence-electron chi connectivity index (χ3n) is 7.39. The van der Waals surface area contributed by atoms with Crippen LogP contribution in [0.4, 0.5) is 5.82 Å². The van der Waals surface area contributed by atoms with Gasteiger partial charge in [0.05, 0.1) is 28.6 Å². The molecule has 2 aromatic rings. The Morgan fingerprint density at radius 2 is 1.60 bits per heavy atom. The van der Waals surface area contributed by atoms with Crippen molar-refractivity contribution in [2.45, 2.75) is 92.3 Å². The van der Waals surface area contributed by atoms with Crippen LogP contribution in [0.2, 0.25) is 0 Å². The fraction of sp³-hybridized carbons (Fsp3) is 0.529. The van der Waals surface area contributed by atoms with E-state index in [1.807, 2.05) is 6.92 Å². The van der Waals surface area contributed by atoms with Gasteiger partial charge in [0, 0.05) is 23.9 Å². The number of anilines is 1. The summed E-state index contributed by atoms with van der Waals surface area (Å²) in [6.45, 7) is 15.8. The van der Waals surface area contributed by atoms with Gasteiger partial charge in [-0.15, -0.1) is 0 Å². The van der Waals surface area contributed by atoms with E-state index in [-0.39, 0.29) is 53.8 Å². The third kappa shape index (κ3) is 11.8. The van der Waals surface area contributed by atoms with Crippen LogP contribution in [0.3, 0.4) is 0 Å². The minimum Gasteiger partial charge on any atom is -0.464 e. The molecule has 0 aliphatic carbocycles. The number of carbonyl (C=O) groups is 4. The molecule has 1 heterocycles. The molecule has 1 aromatic carbocycles. The van der Waals surface area contributed by atoms with Crippen molar-refractivity contribution in [1.82, 2.24) is 14.9 Å². The number of aryl methyl sites for hydroxylation is 1. The first-order chi connectivity index (χ1) is 22.1. The highest BCUT2D eigenvalue weighted by atomic mass is 32.2. The fourth-order valence-corrected chi connectivity index (χ4v) is 4.57. The topological polar surface area (TPSA) is 177 Å². The smallest absolute Gasteiger partial charge is 0.323 e. The van der Waals surface area contributed by atoms with Gasteiger partial charge in [0.15, 0.2) is 11.5 Å². The number of rotatable bonds is 14. The minimum atomic E-state index is -1.05. The number of nitrogens with zero attached hydrogens (tertiary/aromatic N) is 3. The molecule has 0 saturated carbocycles. The molecule has 0 bridgehead atoms. The molecular formula is C34H49N5O7S2. The minimum absolute atomic E-state index is 0.0174. The maximum atomic E-state index is 13.0. The van der Waals surface area contributed by atoms with Crippen molar-refractivity contribution in [2.75, 3.05) is 12.3 Å². The molecule has 0 aliphatic rings. The number of allylic oxidation sites excluding steroid dienone is 1. The summed E-state index contributed by atoms with van der Waals surface area (Å²) in [4.78, 5) is 60.2. The number of ether oxygens (including phenoxy) is 3. The summed E-state index contributed by atoms with van der Waals surface area (Å²) < 4.78 is 16.3. The first kappa shape index (κ1) is 40.6. The standard InChI is InChI=1S/C34H49N5O7S2/c1-19(30(47)48)24(20(2)39(18-40)17-23-16-37-21(3)38-28(23)36)12-13-44-29(41)25(35)14-22-10-11-26(45-31(42)33(4,5)6)27(15-22)46-32(43)34(7,8)9/h10-11,15-16,18-19,25,30,47-48H,12-14,17,35H2,1-9H3,(H2,36,37,38). The summed E-state index contributed by atoms with van der Waals surface area (Å²) in [5, 5.41) is 0. The number of nitrogen functional groups attached to an aromatic ring is 1. The van der Waals surface area contributed by atoms with Gasteiger partial charge in [-0.1, -0.05) is 13.0 Å². The van der Waals surface area contributed by atoms with Gasteiger partial charge in [0.25, 0.3) is 0 Å². The number of amides is 1. The van der Waals surface area contributed by atoms with Crippen LogP contribution in [0, 0.1) is 23.7 Å². The van der Waals surface area contributed by atoms with Crippen molar-refractivity contribution in [3.8, 4) is 11.5 Å². The summed E-state index contributed by atoms with van der Waals surface area (Å²) in [5.74, 6) is -0.972. The first-order valence-corrected chi connectivity index (χ1v) is 16.5. The molecule has 0 aliphatic heterocycles. The Morgan fingerprint density at radius 1 is 1.02 bits per heavy atom. The molecule has 0 saturated heterocycles. The molecule has 264 valence electrons. The second-order valence-corrected chi connectivity index (χ2v) is 15.2. The van der Waals surface area contributed by atoms with Crippen molar-refractivity contribution >= 4 is 55.4 Å². The largest absolute Gasteiger partial charge is 0.464 e. The van der Waals surface area contributed by atoms with E-state index in [9.17, 15) is 19.2 Å². The summed E-state index contributed by atoms with van der Waals surface area (Å²) in [6, 6.07) is 3.61. The fourth-order valence-electron chi connectivity index (χ4n) is 4.21. The molecular weight excluding hydrogens is 655 g/mol. The Bertz CT molecular complexity index is 1520. The average Bonchev–Trinajstić information content (AvgIpc) is 2.98. The van der Waals surface area contributed by atoms with Gasteiger partial charge < -0.3 is 30.6 Å². The maximum absolute atomic E-state index is 13.0. The molecule has 2 rings (SSSR count). The van der Waals surface area contributed by atoms with Gasteiger partial charge in [-0.2, -0.15) is 25.3 Å². The Balaban J connectivity index is 2.21. The SMILES string of the molecule is CC(=C(CCOC(=O)C(N)Cc1ccc(OC(=O)C(C)(C)C)c(OC(=O)C(C)(C)C)c1)C(C)C(S)S)N(C=O)Cc1cnc(C)nc1N. The molecule has 2 unspecified atom stereocenters. The third-order valence-corrected chi connectivity index (χ3v) is 8.29. The number of esters is 3. The Hall–Kier alpha value is -3.62. The number of aromatic nitrogens is 2. The van der Waals surface area contributed by atoms with Crippen LogP contribution in [0.5, 0.6) is 11.5 Å². The van der Waals surface area contributed by atoms with Gasteiger partial charge in [0.2, 0.25) is 6.41 Å². The maximum Gasteiger partial charge on any atom is 0.323 e. The number of carbonyl (C=O) groups excluding carboxylic acids is 4. The van der Waals surface area contributed by atoms with Crippen LogP contribution in [-0.2, 0) is 36.9 Å². The molecule has 0 spiro atoms. The number of thiol groups is 2. The zero-order valence-corrected chi connectivity index (χ0v) is 31.0. The molecule has 0 fully saturated rings. The van der Waals surface area contributed by atoms with Crippen molar-refractivity contribution in [3.63, 3.8) is 0 Å². The summed E-state index contributed by atoms with van der Waals surface area (Å²) in [5.41, 5.74) is 13.2. The molecule has 14 heteroatoms. The van der Waals surface area contributed by atoms with Crippen LogP contribution in [0.25, 0.3) is 0 Å². The zero-order valence-electron chi connectivity index (χ0n) is 29.2. The lowest BCUT2D eigenvalue weighted by Crippen LogP contribution is -2.35. The molecule has 4 N–H and O–H groups in total. The molecule has 48 heavy (non-hydrogen) atoms. The Labute approximate surface area is 294 Å². The molecule has 0 radical (unpaired) electrons. The highest BCUT2D eigenvalue weighted by Crippen LogP contribution is 2.33. The van der Waals surface area contributed by atoms with Gasteiger partial charge in [0.1, 0.15) is 17.7 Å². The lowest BCUT2D eigenvalue weighted by molar-refractivity contribution is -0.145. The highest BCUT2D eigenvalue weighted by Gasteiger charge is 2.29. The number of hydrogen-bond donors (Lipinski definition) is 4. The summed E-state index contributed by atoms with van der Waals surface area (Å²) >= 11 is 8.96. The quantitative estimate of drug-likeness (QED) is 0.0697. The van der Waals surface area contributed by atoms with Crippen molar-refractivity contribution < 1.29 is 33.4 Å². The van der Waals surface area contributed by atoms with E-state index in [4.69, 9.17) is 25.7 Å². The average molecular weight is 704 g/mol. The predicted molar refractivity (Wildman–Crippen MR) is 190 cm³/mol. The van der Waals surface area contributed by atoms with Crippen LogP contribution < -0.4 is 20.9 Å². The van der Waals surface area contributed by atoms with Crippen LogP contribution in [0.1, 0.15) is 78.8 Å². The second-order valence-electron chi connectivity index (χ2n) is 13.7. The molecule has 2 atom stereocenters. The summed E-state index contributed by atoms with van der Waals surface area (Å²) in [7, 11) is 0. The van der Waals surface area contributed by atoms with Gasteiger partial charge in [-0.3, -0.25) is 19.2 Å². The molecule has 12 nitrogen and oxygen atoms in total. The van der Waals surface area contributed by atoms with E-state index in [1.165, 1.54) is 17.0 Å². The van der Waals surface area contributed by atoms with Gasteiger partial charge in [-0.25, -0.2) is 9.97 Å². The van der Waals surface area contributed by atoms with Gasteiger partial charge >= 0.3 is 17.9 Å². The van der Waals surface area contributed by atoms with E-state index in [1.54, 1.807) is 67.7 Å². The van der Waals surface area contributed by atoms with Crippen LogP contribution >= 0.6 is 25.3 Å².